The number of pyridine rings is 2. The number of carbonyl (C=O) groups is 1. The number of carbonyl (C=O) groups excluding carboxylic acids is 1. The highest BCUT2D eigenvalue weighted by Crippen LogP contribution is 2.27. The number of benzene rings is 1. The average molecular weight is 480 g/mol. The van der Waals surface area contributed by atoms with Crippen LogP contribution >= 0.6 is 0 Å². The lowest BCUT2D eigenvalue weighted by Crippen LogP contribution is -2.34. The normalized spacial score (nSPS) is 11.1. The minimum absolute atomic E-state index is 0.111. The van der Waals surface area contributed by atoms with Crippen molar-refractivity contribution in [1.82, 2.24) is 24.4 Å². The van der Waals surface area contributed by atoms with Crippen LogP contribution in [0.25, 0.3) is 11.0 Å². The van der Waals surface area contributed by atoms with Crippen LogP contribution in [0.15, 0.2) is 54.0 Å². The average Bonchev–Trinajstić information content (AvgIpc) is 3.36. The quantitative estimate of drug-likeness (QED) is 0.370. The van der Waals surface area contributed by atoms with Gasteiger partial charge < -0.3 is 23.9 Å². The molecule has 0 unspecified atom stereocenters. The van der Waals surface area contributed by atoms with E-state index in [0.29, 0.717) is 30.6 Å². The molecule has 0 aliphatic rings. The van der Waals surface area contributed by atoms with Crippen molar-refractivity contribution < 1.29 is 18.7 Å². The predicted molar refractivity (Wildman–Crippen MR) is 128 cm³/mol. The number of amides is 1. The molecule has 0 saturated carbocycles. The molecular weight excluding hydrogens is 453 g/mol. The minimum atomic E-state index is -0.553. The molecule has 0 fully saturated rings. The summed E-state index contributed by atoms with van der Waals surface area (Å²) in [5.41, 5.74) is 2.88. The van der Waals surface area contributed by atoms with Crippen LogP contribution in [0.2, 0.25) is 0 Å². The zero-order valence-electron chi connectivity index (χ0n) is 19.7. The summed E-state index contributed by atoms with van der Waals surface area (Å²) in [7, 11) is 4.51. The Balaban J connectivity index is 1.72. The van der Waals surface area contributed by atoms with E-state index >= 15 is 0 Å². The Morgan fingerprint density at radius 2 is 2.03 bits per heavy atom. The molecule has 0 bridgehead atoms. The van der Waals surface area contributed by atoms with Crippen molar-refractivity contribution in [2.24, 2.45) is 7.05 Å². The Morgan fingerprint density at radius 1 is 1.20 bits per heavy atom. The molecule has 0 aliphatic heterocycles. The van der Waals surface area contributed by atoms with E-state index in [1.165, 1.54) is 30.9 Å². The van der Waals surface area contributed by atoms with Crippen LogP contribution in [0.1, 0.15) is 27.0 Å². The number of rotatable bonds is 9. The lowest BCUT2D eigenvalue weighted by Gasteiger charge is -2.15. The summed E-state index contributed by atoms with van der Waals surface area (Å²) >= 11 is 0. The largest absolute Gasteiger partial charge is 0.493 e. The minimum Gasteiger partial charge on any atom is -0.493 e. The van der Waals surface area contributed by atoms with Crippen LogP contribution in [-0.4, -0.2) is 52.4 Å². The second-order valence-corrected chi connectivity index (χ2v) is 8.06. The molecule has 0 aliphatic carbocycles. The van der Waals surface area contributed by atoms with Crippen molar-refractivity contribution in [1.29, 1.82) is 0 Å². The summed E-state index contributed by atoms with van der Waals surface area (Å²) in [5.74, 6) is -0.751. The topological polar surface area (TPSA) is 100 Å². The number of halogens is 1. The second kappa shape index (κ2) is 10.5. The first-order chi connectivity index (χ1) is 16.9. The monoisotopic (exact) mass is 479 g/mol. The Bertz CT molecular complexity index is 1420. The highest BCUT2D eigenvalue weighted by molar-refractivity contribution is 6.01. The maximum absolute atomic E-state index is 14.0. The number of hydrogen-bond donors (Lipinski definition) is 1. The lowest BCUT2D eigenvalue weighted by atomic mass is 9.99. The molecule has 1 aromatic carbocycles. The number of nitrogens with zero attached hydrogens (tertiary/aromatic N) is 4. The van der Waals surface area contributed by atoms with Gasteiger partial charge in [0.2, 0.25) is 0 Å². The lowest BCUT2D eigenvalue weighted by molar-refractivity contribution is 0.0932. The highest BCUT2D eigenvalue weighted by atomic mass is 19.1. The van der Waals surface area contributed by atoms with Gasteiger partial charge in [-0.1, -0.05) is 6.07 Å². The van der Waals surface area contributed by atoms with E-state index in [1.54, 1.807) is 31.8 Å². The molecule has 0 atom stereocenters. The van der Waals surface area contributed by atoms with Gasteiger partial charge in [-0.2, -0.15) is 0 Å². The van der Waals surface area contributed by atoms with Crippen molar-refractivity contribution in [3.05, 3.63) is 87.6 Å². The fraction of sp³-hybridized carbons (Fsp3) is 0.280. The number of methoxy groups -OCH3 is 2. The summed E-state index contributed by atoms with van der Waals surface area (Å²) in [6, 6.07) is 6.52. The third-order valence-electron chi connectivity index (χ3n) is 5.74. The van der Waals surface area contributed by atoms with E-state index in [4.69, 9.17) is 9.47 Å². The van der Waals surface area contributed by atoms with Gasteiger partial charge >= 0.3 is 0 Å². The van der Waals surface area contributed by atoms with Gasteiger partial charge in [-0.15, -0.1) is 0 Å². The van der Waals surface area contributed by atoms with Crippen LogP contribution < -0.4 is 15.6 Å². The number of fused-ring (bicyclic) bond motifs is 1. The first kappa shape index (κ1) is 24.1. The zero-order chi connectivity index (χ0) is 24.9. The second-order valence-electron chi connectivity index (χ2n) is 8.06. The molecule has 182 valence electrons. The van der Waals surface area contributed by atoms with Crippen LogP contribution in [0, 0.1) is 5.82 Å². The molecular formula is C25H26FN5O4. The SMILES string of the molecule is COCCNC(=O)c1c(OC)c2ncc(Cc3ccc(F)cc3Cn3ccnc3)cc2n(C)c1=O. The van der Waals surface area contributed by atoms with Crippen molar-refractivity contribution in [3.63, 3.8) is 0 Å². The molecule has 3 heterocycles. The Hall–Kier alpha value is -4.05. The van der Waals surface area contributed by atoms with Gasteiger partial charge in [-0.05, 0) is 41.3 Å². The van der Waals surface area contributed by atoms with Gasteiger partial charge in [-0.3, -0.25) is 14.6 Å². The summed E-state index contributed by atoms with van der Waals surface area (Å²) in [6.45, 7) is 1.04. The number of nitrogens with one attached hydrogen (secondary N) is 1. The van der Waals surface area contributed by atoms with Gasteiger partial charge in [0, 0.05) is 45.8 Å². The molecule has 9 nitrogen and oxygen atoms in total. The molecule has 3 aromatic heterocycles. The Morgan fingerprint density at radius 3 is 2.74 bits per heavy atom. The number of ether oxygens (including phenoxy) is 2. The molecule has 1 N–H and O–H groups in total. The number of imidazole rings is 1. The molecule has 4 aromatic rings. The standard InChI is InChI=1S/C25H26FN5O4/c1-30-20-11-16(10-17-4-5-19(26)12-18(17)14-31-8-6-27-15-31)13-29-22(20)23(35-3)21(25(30)33)24(32)28-7-9-34-2/h4-6,8,11-13,15H,7,9-10,14H2,1-3H3,(H,28,32). The van der Waals surface area contributed by atoms with Crippen molar-refractivity contribution in [2.45, 2.75) is 13.0 Å². The summed E-state index contributed by atoms with van der Waals surface area (Å²) < 4.78 is 27.6. The van der Waals surface area contributed by atoms with Crippen LogP contribution in [-0.2, 0) is 24.8 Å². The molecule has 0 radical (unpaired) electrons. The maximum Gasteiger partial charge on any atom is 0.267 e. The third-order valence-corrected chi connectivity index (χ3v) is 5.74. The number of aryl methyl sites for hydroxylation is 1. The van der Waals surface area contributed by atoms with Gasteiger partial charge in [0.15, 0.2) is 5.75 Å². The first-order valence-corrected chi connectivity index (χ1v) is 11.0. The van der Waals surface area contributed by atoms with E-state index < -0.39 is 11.5 Å². The number of aromatic nitrogens is 4. The van der Waals surface area contributed by atoms with Crippen molar-refractivity contribution in [2.75, 3.05) is 27.4 Å². The predicted octanol–water partition coefficient (Wildman–Crippen LogP) is 2.29. The maximum atomic E-state index is 14.0. The molecule has 0 spiro atoms. The van der Waals surface area contributed by atoms with E-state index in [1.807, 2.05) is 16.8 Å². The Kier molecular flexibility index (Phi) is 7.21. The molecule has 4 rings (SSSR count). The smallest absolute Gasteiger partial charge is 0.267 e. The van der Waals surface area contributed by atoms with Crippen molar-refractivity contribution >= 4 is 16.9 Å². The highest BCUT2D eigenvalue weighted by Gasteiger charge is 2.23. The molecule has 0 saturated heterocycles. The molecule has 10 heteroatoms. The van der Waals surface area contributed by atoms with Crippen LogP contribution in [0.3, 0.4) is 0 Å². The third kappa shape index (κ3) is 5.07. The van der Waals surface area contributed by atoms with E-state index in [0.717, 1.165) is 16.7 Å². The number of hydrogen-bond acceptors (Lipinski definition) is 6. The van der Waals surface area contributed by atoms with Gasteiger partial charge in [0.1, 0.15) is 16.9 Å². The fourth-order valence-corrected chi connectivity index (χ4v) is 3.98. The molecule has 35 heavy (non-hydrogen) atoms. The van der Waals surface area contributed by atoms with Crippen LogP contribution in [0.5, 0.6) is 5.75 Å². The van der Waals surface area contributed by atoms with E-state index in [-0.39, 0.29) is 23.7 Å². The Labute approximate surface area is 201 Å². The van der Waals surface area contributed by atoms with Gasteiger partial charge in [0.05, 0.1) is 25.6 Å². The zero-order valence-corrected chi connectivity index (χ0v) is 19.7. The summed E-state index contributed by atoms with van der Waals surface area (Å²) in [5, 5.41) is 2.66. The summed E-state index contributed by atoms with van der Waals surface area (Å²) in [6.07, 6.45) is 7.32. The van der Waals surface area contributed by atoms with E-state index in [2.05, 4.69) is 15.3 Å². The van der Waals surface area contributed by atoms with Gasteiger partial charge in [0.25, 0.3) is 11.5 Å². The van der Waals surface area contributed by atoms with Gasteiger partial charge in [-0.25, -0.2) is 9.37 Å². The van der Waals surface area contributed by atoms with Crippen molar-refractivity contribution in [3.8, 4) is 5.75 Å². The first-order valence-electron chi connectivity index (χ1n) is 11.0. The van der Waals surface area contributed by atoms with E-state index in [9.17, 15) is 14.0 Å². The molecule has 1 amide bonds. The fourth-order valence-electron chi connectivity index (χ4n) is 3.98. The van der Waals surface area contributed by atoms with Crippen LogP contribution in [0.4, 0.5) is 4.39 Å². The summed E-state index contributed by atoms with van der Waals surface area (Å²) in [4.78, 5) is 34.4.